The number of hydrogen-bond donors (Lipinski definition) is 0. The molecule has 1 fully saturated rings. The van der Waals surface area contributed by atoms with E-state index in [2.05, 4.69) is 14.9 Å². The molecule has 0 N–H and O–H groups in total. The third kappa shape index (κ3) is 3.42. The minimum absolute atomic E-state index is 0.314. The second kappa shape index (κ2) is 6.91. The largest absolute Gasteiger partial charge is 0.496 e. The van der Waals surface area contributed by atoms with Crippen LogP contribution in [-0.2, 0) is 11.2 Å². The van der Waals surface area contributed by atoms with Crippen LogP contribution in [0.15, 0.2) is 24.3 Å². The average molecular weight is 317 g/mol. The van der Waals surface area contributed by atoms with E-state index in [1.54, 1.807) is 13.2 Å². The molecule has 1 saturated heterocycles. The Hall–Kier alpha value is -2.21. The highest BCUT2D eigenvalue weighted by Crippen LogP contribution is 2.31. The van der Waals surface area contributed by atoms with Crippen LogP contribution in [0.2, 0.25) is 0 Å². The molecule has 3 rings (SSSR count). The molecule has 0 atom stereocenters. The summed E-state index contributed by atoms with van der Waals surface area (Å²) < 4.78 is 24.4. The van der Waals surface area contributed by atoms with Crippen LogP contribution >= 0.6 is 0 Å². The molecule has 1 aliphatic rings. The molecule has 1 aromatic heterocycles. The molecule has 23 heavy (non-hydrogen) atoms. The number of rotatable bonds is 4. The average Bonchev–Trinajstić information content (AvgIpc) is 2.62. The van der Waals surface area contributed by atoms with Gasteiger partial charge >= 0.3 is 0 Å². The Morgan fingerprint density at radius 3 is 2.70 bits per heavy atom. The highest BCUT2D eigenvalue weighted by atomic mass is 19.1. The van der Waals surface area contributed by atoms with Crippen molar-refractivity contribution in [3.8, 4) is 17.0 Å². The Morgan fingerprint density at radius 1 is 1.22 bits per heavy atom. The lowest BCUT2D eigenvalue weighted by molar-refractivity contribution is 0.122. The number of aryl methyl sites for hydroxylation is 1. The first-order valence-corrected chi connectivity index (χ1v) is 7.76. The fourth-order valence-corrected chi connectivity index (χ4v) is 2.59. The quantitative estimate of drug-likeness (QED) is 0.868. The molecule has 1 aromatic carbocycles. The third-order valence-corrected chi connectivity index (χ3v) is 3.86. The molecule has 0 aliphatic carbocycles. The van der Waals surface area contributed by atoms with Gasteiger partial charge in [0.25, 0.3) is 0 Å². The van der Waals surface area contributed by atoms with Gasteiger partial charge in [-0.25, -0.2) is 14.4 Å². The van der Waals surface area contributed by atoms with Gasteiger partial charge in [-0.05, 0) is 30.7 Å². The van der Waals surface area contributed by atoms with E-state index in [1.165, 1.54) is 12.1 Å². The Morgan fingerprint density at radius 2 is 2.00 bits per heavy atom. The molecule has 0 unspecified atom stereocenters. The molecular formula is C17H20FN3O2. The van der Waals surface area contributed by atoms with Gasteiger partial charge in [0.2, 0.25) is 5.95 Å². The predicted molar refractivity (Wildman–Crippen MR) is 86.4 cm³/mol. The van der Waals surface area contributed by atoms with Crippen LogP contribution in [0.3, 0.4) is 0 Å². The first-order chi connectivity index (χ1) is 11.2. The molecule has 1 aliphatic heterocycles. The summed E-state index contributed by atoms with van der Waals surface area (Å²) in [5.41, 5.74) is 2.23. The zero-order chi connectivity index (χ0) is 16.2. The summed E-state index contributed by atoms with van der Waals surface area (Å²) in [6.45, 7) is 4.88. The van der Waals surface area contributed by atoms with Gasteiger partial charge < -0.3 is 14.4 Å². The molecule has 2 aromatic rings. The maximum atomic E-state index is 13.7. The number of methoxy groups -OCH3 is 1. The predicted octanol–water partition coefficient (Wildman–Crippen LogP) is 2.69. The lowest BCUT2D eigenvalue weighted by atomic mass is 10.1. The first kappa shape index (κ1) is 15.7. The van der Waals surface area contributed by atoms with Gasteiger partial charge in [0.05, 0.1) is 26.0 Å². The fourth-order valence-electron chi connectivity index (χ4n) is 2.59. The van der Waals surface area contributed by atoms with Crippen LogP contribution in [0.5, 0.6) is 5.75 Å². The second-order valence-electron chi connectivity index (χ2n) is 5.34. The van der Waals surface area contributed by atoms with Crippen LogP contribution in [0, 0.1) is 5.82 Å². The van der Waals surface area contributed by atoms with E-state index in [-0.39, 0.29) is 5.82 Å². The minimum Gasteiger partial charge on any atom is -0.496 e. The highest BCUT2D eigenvalue weighted by molar-refractivity contribution is 5.68. The van der Waals surface area contributed by atoms with Gasteiger partial charge in [0.1, 0.15) is 11.6 Å². The summed E-state index contributed by atoms with van der Waals surface area (Å²) in [7, 11) is 1.57. The minimum atomic E-state index is -0.314. The Balaban J connectivity index is 2.06. The van der Waals surface area contributed by atoms with E-state index in [1.807, 2.05) is 13.0 Å². The lowest BCUT2D eigenvalue weighted by Crippen LogP contribution is -2.37. The molecule has 0 spiro atoms. The van der Waals surface area contributed by atoms with E-state index in [9.17, 15) is 4.39 Å². The number of ether oxygens (including phenoxy) is 2. The van der Waals surface area contributed by atoms with E-state index >= 15 is 0 Å². The van der Waals surface area contributed by atoms with E-state index < -0.39 is 0 Å². The molecule has 0 radical (unpaired) electrons. The van der Waals surface area contributed by atoms with Gasteiger partial charge in [-0.1, -0.05) is 6.92 Å². The van der Waals surface area contributed by atoms with Crippen molar-refractivity contribution in [2.45, 2.75) is 13.3 Å². The summed E-state index contributed by atoms with van der Waals surface area (Å²) in [6.07, 6.45) is 0.782. The Labute approximate surface area is 135 Å². The van der Waals surface area contributed by atoms with E-state index in [0.29, 0.717) is 36.2 Å². The van der Waals surface area contributed by atoms with Crippen molar-refractivity contribution in [3.63, 3.8) is 0 Å². The lowest BCUT2D eigenvalue weighted by Gasteiger charge is -2.27. The van der Waals surface area contributed by atoms with Gasteiger partial charge in [-0.2, -0.15) is 0 Å². The van der Waals surface area contributed by atoms with Crippen molar-refractivity contribution < 1.29 is 13.9 Å². The van der Waals surface area contributed by atoms with Crippen LogP contribution in [-0.4, -0.2) is 43.4 Å². The van der Waals surface area contributed by atoms with E-state index in [0.717, 1.165) is 25.2 Å². The number of hydrogen-bond acceptors (Lipinski definition) is 5. The molecule has 0 saturated carbocycles. The number of halogens is 1. The first-order valence-electron chi connectivity index (χ1n) is 7.76. The molecule has 122 valence electrons. The number of anilines is 1. The zero-order valence-electron chi connectivity index (χ0n) is 13.4. The van der Waals surface area contributed by atoms with Gasteiger partial charge in [0.15, 0.2) is 0 Å². The van der Waals surface area contributed by atoms with Crippen molar-refractivity contribution in [2.24, 2.45) is 0 Å². The number of nitrogens with zero attached hydrogens (tertiary/aromatic N) is 3. The maximum Gasteiger partial charge on any atom is 0.226 e. The van der Waals surface area contributed by atoms with Crippen molar-refractivity contribution in [2.75, 3.05) is 38.3 Å². The van der Waals surface area contributed by atoms with Gasteiger partial charge in [-0.3, -0.25) is 0 Å². The summed E-state index contributed by atoms with van der Waals surface area (Å²) >= 11 is 0. The molecule has 0 amide bonds. The monoisotopic (exact) mass is 317 g/mol. The number of aromatic nitrogens is 2. The molecular weight excluding hydrogens is 297 g/mol. The second-order valence-corrected chi connectivity index (χ2v) is 5.34. The standard InChI is InChI=1S/C17H20FN3O2/c1-3-13-11-15(14-10-12(18)4-5-16(14)22-2)20-17(19-13)21-6-8-23-9-7-21/h4-5,10-11H,3,6-9H2,1-2H3. The third-order valence-electron chi connectivity index (χ3n) is 3.86. The summed E-state index contributed by atoms with van der Waals surface area (Å²) in [5.74, 6) is 0.944. The Kier molecular flexibility index (Phi) is 4.71. The van der Waals surface area contributed by atoms with Crippen LogP contribution < -0.4 is 9.64 Å². The van der Waals surface area contributed by atoms with Gasteiger partial charge in [-0.15, -0.1) is 0 Å². The van der Waals surface area contributed by atoms with Crippen molar-refractivity contribution in [1.29, 1.82) is 0 Å². The summed E-state index contributed by atoms with van der Waals surface area (Å²) in [4.78, 5) is 11.3. The topological polar surface area (TPSA) is 47.5 Å². The van der Waals surface area contributed by atoms with Gasteiger partial charge in [0, 0.05) is 24.3 Å². The normalized spacial score (nSPS) is 14.8. The van der Waals surface area contributed by atoms with Crippen LogP contribution in [0.25, 0.3) is 11.3 Å². The Bertz CT molecular complexity index is 688. The molecule has 2 heterocycles. The highest BCUT2D eigenvalue weighted by Gasteiger charge is 2.17. The number of morpholine rings is 1. The zero-order valence-corrected chi connectivity index (χ0v) is 13.4. The van der Waals surface area contributed by atoms with Crippen LogP contribution in [0.1, 0.15) is 12.6 Å². The molecule has 6 heteroatoms. The summed E-state index contributed by atoms with van der Waals surface area (Å²) in [6, 6.07) is 6.34. The number of benzene rings is 1. The van der Waals surface area contributed by atoms with Crippen molar-refractivity contribution in [3.05, 3.63) is 35.8 Å². The molecule has 5 nitrogen and oxygen atoms in total. The van der Waals surface area contributed by atoms with Crippen molar-refractivity contribution in [1.82, 2.24) is 9.97 Å². The van der Waals surface area contributed by atoms with E-state index in [4.69, 9.17) is 9.47 Å². The van der Waals surface area contributed by atoms with Crippen LogP contribution in [0.4, 0.5) is 10.3 Å². The fraction of sp³-hybridized carbons (Fsp3) is 0.412. The maximum absolute atomic E-state index is 13.7. The summed E-state index contributed by atoms with van der Waals surface area (Å²) in [5, 5.41) is 0. The molecule has 0 bridgehead atoms. The SMILES string of the molecule is CCc1cc(-c2cc(F)ccc2OC)nc(N2CCOCC2)n1. The smallest absolute Gasteiger partial charge is 0.226 e. The van der Waals surface area contributed by atoms with Crippen molar-refractivity contribution >= 4 is 5.95 Å².